The largest absolute Gasteiger partial charge is 0.387 e. The summed E-state index contributed by atoms with van der Waals surface area (Å²) in [5.74, 6) is -0.986. The molecule has 0 rings (SSSR count). The van der Waals surface area contributed by atoms with Gasteiger partial charge in [-0.3, -0.25) is 9.35 Å². The zero-order chi connectivity index (χ0) is 36.8. The second-order valence-corrected chi connectivity index (χ2v) is 16.1. The van der Waals surface area contributed by atoms with Crippen molar-refractivity contribution in [1.29, 1.82) is 0 Å². The lowest BCUT2D eigenvalue weighted by Crippen LogP contribution is -2.46. The summed E-state index contributed by atoms with van der Waals surface area (Å²) in [6, 6.07) is -1.06. The molecule has 0 fully saturated rings. The molecule has 50 heavy (non-hydrogen) atoms. The Bertz CT molecular complexity index is 930. The molecule has 1 amide bonds. The van der Waals surface area contributed by atoms with Gasteiger partial charge in [-0.2, -0.15) is 8.42 Å². The fourth-order valence-electron chi connectivity index (χ4n) is 6.36. The molecule has 294 valence electrons. The molecule has 0 saturated heterocycles. The Hall–Kier alpha value is -1.44. The molecule has 0 aromatic rings. The molecule has 7 heteroatoms. The summed E-state index contributed by atoms with van der Waals surface area (Å²) in [6.07, 6.45) is 48.4. The molecule has 0 radical (unpaired) electrons. The number of amides is 1. The minimum Gasteiger partial charge on any atom is -0.387 e. The average molecular weight is 724 g/mol. The van der Waals surface area contributed by atoms with Crippen LogP contribution in [0.2, 0.25) is 0 Å². The third-order valence-electron chi connectivity index (χ3n) is 9.56. The molecule has 3 N–H and O–H groups in total. The van der Waals surface area contributed by atoms with Gasteiger partial charge < -0.3 is 10.4 Å². The van der Waals surface area contributed by atoms with Gasteiger partial charge in [0, 0.05) is 6.42 Å². The number of nitrogens with one attached hydrogen (secondary N) is 1. The summed E-state index contributed by atoms with van der Waals surface area (Å²) in [6.45, 7) is 4.51. The van der Waals surface area contributed by atoms with Gasteiger partial charge in [-0.25, -0.2) is 0 Å². The Kier molecular flexibility index (Phi) is 36.2. The van der Waals surface area contributed by atoms with Gasteiger partial charge in [0.05, 0.1) is 17.9 Å². The molecule has 2 atom stereocenters. The van der Waals surface area contributed by atoms with E-state index in [2.05, 4.69) is 43.5 Å². The summed E-state index contributed by atoms with van der Waals surface area (Å²) in [7, 11) is -4.35. The predicted molar refractivity (Wildman–Crippen MR) is 216 cm³/mol. The van der Waals surface area contributed by atoms with Gasteiger partial charge >= 0.3 is 0 Å². The van der Waals surface area contributed by atoms with Crippen molar-refractivity contribution in [1.82, 2.24) is 5.32 Å². The highest BCUT2D eigenvalue weighted by atomic mass is 32.2. The molecule has 0 aliphatic carbocycles. The molecule has 0 aromatic carbocycles. The van der Waals surface area contributed by atoms with Gasteiger partial charge in [0.15, 0.2) is 0 Å². The number of aliphatic hydroxyl groups excluding tert-OH is 1. The van der Waals surface area contributed by atoms with E-state index in [-0.39, 0.29) is 12.3 Å². The quantitative estimate of drug-likeness (QED) is 0.0334. The van der Waals surface area contributed by atoms with Crippen LogP contribution >= 0.6 is 0 Å². The Morgan fingerprint density at radius 3 is 1.32 bits per heavy atom. The van der Waals surface area contributed by atoms with Crippen LogP contribution in [0.3, 0.4) is 0 Å². The fourth-order valence-corrected chi connectivity index (χ4v) is 7.10. The minimum atomic E-state index is -4.35. The zero-order valence-electron chi connectivity index (χ0n) is 32.8. The maximum Gasteiger partial charge on any atom is 0.267 e. The Labute approximate surface area is 310 Å². The van der Waals surface area contributed by atoms with E-state index in [9.17, 15) is 22.9 Å². The van der Waals surface area contributed by atoms with Gasteiger partial charge in [0.2, 0.25) is 5.91 Å². The topological polar surface area (TPSA) is 104 Å². The Morgan fingerprint density at radius 1 is 0.540 bits per heavy atom. The first-order valence-corrected chi connectivity index (χ1v) is 22.8. The van der Waals surface area contributed by atoms with Crippen LogP contribution in [0, 0.1) is 0 Å². The molecule has 0 aliphatic heterocycles. The number of carbonyl (C=O) groups excluding carboxylic acids is 1. The lowest BCUT2D eigenvalue weighted by Gasteiger charge is -2.21. The van der Waals surface area contributed by atoms with Crippen molar-refractivity contribution in [3.63, 3.8) is 0 Å². The van der Waals surface area contributed by atoms with E-state index in [1.807, 2.05) is 6.08 Å². The van der Waals surface area contributed by atoms with Crippen LogP contribution in [0.15, 0.2) is 36.5 Å². The summed E-state index contributed by atoms with van der Waals surface area (Å²) >= 11 is 0. The normalized spacial score (nSPS) is 13.6. The SMILES string of the molecule is CCCCCC/C=C\C/C=C\CCCCCCCCCC(=O)NC(CS(=O)(=O)O)C(O)/C=C/CCCCCCCCCCCCCCCCC. The standard InChI is InChI=1S/C43H81NO5S/c1-3-5-7-9-11-13-15-17-19-21-23-25-27-29-31-33-35-37-39-43(46)44-41(40-50(47,48)49)42(45)38-36-34-32-30-28-26-24-22-20-18-16-14-12-10-8-6-4-2/h13,15,19,21,36,38,41-42,45H,3-12,14,16-18,20,22-35,37,39-40H2,1-2H3,(H,44,46)(H,47,48,49)/b15-13-,21-19-,38-36+. The molecule has 0 heterocycles. The number of unbranched alkanes of at least 4 members (excludes halogenated alkanes) is 26. The predicted octanol–water partition coefficient (Wildman–Crippen LogP) is 12.5. The maximum atomic E-state index is 12.5. The first-order valence-electron chi connectivity index (χ1n) is 21.2. The van der Waals surface area contributed by atoms with E-state index >= 15 is 0 Å². The van der Waals surface area contributed by atoms with Crippen molar-refractivity contribution < 1.29 is 22.9 Å². The van der Waals surface area contributed by atoms with Gasteiger partial charge in [-0.15, -0.1) is 0 Å². The molecule has 6 nitrogen and oxygen atoms in total. The lowest BCUT2D eigenvalue weighted by atomic mass is 10.0. The van der Waals surface area contributed by atoms with Gasteiger partial charge in [-0.1, -0.05) is 192 Å². The van der Waals surface area contributed by atoms with E-state index in [1.54, 1.807) is 6.08 Å². The summed E-state index contributed by atoms with van der Waals surface area (Å²) < 4.78 is 32.5. The first-order chi connectivity index (χ1) is 24.3. The smallest absolute Gasteiger partial charge is 0.267 e. The van der Waals surface area contributed by atoms with E-state index in [4.69, 9.17) is 0 Å². The van der Waals surface area contributed by atoms with Crippen LogP contribution in [0.25, 0.3) is 0 Å². The second-order valence-electron chi connectivity index (χ2n) is 14.6. The fraction of sp³-hybridized carbons (Fsp3) is 0.837. The van der Waals surface area contributed by atoms with E-state index in [1.165, 1.54) is 135 Å². The number of aliphatic hydroxyl groups is 1. The third kappa shape index (κ3) is 37.8. The minimum absolute atomic E-state index is 0.286. The molecule has 0 aromatic heterocycles. The van der Waals surface area contributed by atoms with Crippen LogP contribution in [0.1, 0.15) is 213 Å². The van der Waals surface area contributed by atoms with Crippen molar-refractivity contribution in [3.05, 3.63) is 36.5 Å². The molecule has 0 saturated carbocycles. The molecule has 0 aliphatic rings. The summed E-state index contributed by atoms with van der Waals surface area (Å²) in [5.41, 5.74) is 0. The van der Waals surface area contributed by atoms with Crippen molar-refractivity contribution in [3.8, 4) is 0 Å². The molecule has 0 spiro atoms. The number of hydrogen-bond donors (Lipinski definition) is 3. The number of rotatable bonds is 38. The molecular formula is C43H81NO5S. The van der Waals surface area contributed by atoms with Crippen LogP contribution in [0.4, 0.5) is 0 Å². The summed E-state index contributed by atoms with van der Waals surface area (Å²) in [5, 5.41) is 13.2. The maximum absolute atomic E-state index is 12.5. The lowest BCUT2D eigenvalue weighted by molar-refractivity contribution is -0.122. The molecule has 2 unspecified atom stereocenters. The van der Waals surface area contributed by atoms with Gasteiger partial charge in [-0.05, 0) is 51.4 Å². The van der Waals surface area contributed by atoms with Gasteiger partial charge in [0.25, 0.3) is 10.1 Å². The average Bonchev–Trinajstić information content (AvgIpc) is 3.08. The van der Waals surface area contributed by atoms with Crippen molar-refractivity contribution in [2.45, 2.75) is 225 Å². The van der Waals surface area contributed by atoms with Crippen LogP contribution in [-0.4, -0.2) is 41.9 Å². The highest BCUT2D eigenvalue weighted by Gasteiger charge is 2.24. The number of allylic oxidation sites excluding steroid dienone is 5. The Balaban J connectivity index is 3.92. The first kappa shape index (κ1) is 48.6. The zero-order valence-corrected chi connectivity index (χ0v) is 33.6. The summed E-state index contributed by atoms with van der Waals surface area (Å²) in [4.78, 5) is 12.5. The molecular weight excluding hydrogens is 643 g/mol. The van der Waals surface area contributed by atoms with Gasteiger partial charge in [0.1, 0.15) is 0 Å². The van der Waals surface area contributed by atoms with Crippen LogP contribution in [0.5, 0.6) is 0 Å². The molecule has 0 bridgehead atoms. The van der Waals surface area contributed by atoms with E-state index < -0.39 is 28.0 Å². The third-order valence-corrected chi connectivity index (χ3v) is 10.3. The van der Waals surface area contributed by atoms with E-state index in [0.29, 0.717) is 0 Å². The second kappa shape index (κ2) is 37.3. The Morgan fingerprint density at radius 2 is 0.900 bits per heavy atom. The van der Waals surface area contributed by atoms with E-state index in [0.717, 1.165) is 57.8 Å². The highest BCUT2D eigenvalue weighted by Crippen LogP contribution is 2.15. The number of hydrogen-bond acceptors (Lipinski definition) is 4. The number of carbonyl (C=O) groups is 1. The van der Waals surface area contributed by atoms with Crippen LogP contribution in [-0.2, 0) is 14.9 Å². The van der Waals surface area contributed by atoms with Crippen molar-refractivity contribution in [2.75, 3.05) is 5.75 Å². The highest BCUT2D eigenvalue weighted by molar-refractivity contribution is 7.85. The van der Waals surface area contributed by atoms with Crippen molar-refractivity contribution in [2.24, 2.45) is 0 Å². The monoisotopic (exact) mass is 724 g/mol. The van der Waals surface area contributed by atoms with Crippen LogP contribution < -0.4 is 5.32 Å². The van der Waals surface area contributed by atoms with Crippen molar-refractivity contribution >= 4 is 16.0 Å².